The van der Waals surface area contributed by atoms with Crippen LogP contribution in [0.4, 0.5) is 0 Å². The second-order valence-electron chi connectivity index (χ2n) is 4.39. The van der Waals surface area contributed by atoms with Crippen LogP contribution in [0, 0.1) is 5.92 Å². The molecule has 0 unspecified atom stereocenters. The van der Waals surface area contributed by atoms with Crippen LogP contribution in [0.1, 0.15) is 33.6 Å². The molecule has 4 nitrogen and oxygen atoms in total. The minimum atomic E-state index is 0.0423. The van der Waals surface area contributed by atoms with Crippen molar-refractivity contribution >= 4 is 11.8 Å². The average Bonchev–Trinajstić information content (AvgIpc) is 2.16. The van der Waals surface area contributed by atoms with Gasteiger partial charge in [0, 0.05) is 33.1 Å². The lowest BCUT2D eigenvalue weighted by molar-refractivity contribution is -0.147. The first-order valence-corrected chi connectivity index (χ1v) is 6.14. The first kappa shape index (κ1) is 13.0. The number of hydrogen-bond donors (Lipinski definition) is 0. The van der Waals surface area contributed by atoms with Crippen LogP contribution in [-0.4, -0.2) is 47.8 Å². The zero-order chi connectivity index (χ0) is 12.1. The van der Waals surface area contributed by atoms with Crippen molar-refractivity contribution in [2.24, 2.45) is 5.92 Å². The zero-order valence-electron chi connectivity index (χ0n) is 10.5. The molecule has 0 aromatic rings. The van der Waals surface area contributed by atoms with Crippen LogP contribution in [0.3, 0.4) is 0 Å². The Hall–Kier alpha value is -1.06. The fourth-order valence-corrected chi connectivity index (χ4v) is 1.92. The summed E-state index contributed by atoms with van der Waals surface area (Å²) in [6.45, 7) is 8.52. The normalized spacial score (nSPS) is 15.8. The van der Waals surface area contributed by atoms with Crippen molar-refractivity contribution in [3.8, 4) is 0 Å². The summed E-state index contributed by atoms with van der Waals surface area (Å²) in [5, 5.41) is 0. The number of rotatable bonds is 5. The monoisotopic (exact) mass is 226 g/mol. The first-order valence-electron chi connectivity index (χ1n) is 6.14. The van der Waals surface area contributed by atoms with E-state index in [1.807, 2.05) is 11.8 Å². The maximum atomic E-state index is 12.0. The molecule has 4 heteroatoms. The third-order valence-corrected chi connectivity index (χ3v) is 3.15. The first-order chi connectivity index (χ1) is 7.60. The standard InChI is InChI=1S/C12H22N2O2/c1-4-6-7-13(5-2)12(16)11-8-14(9-11)10(3)15/h11H,4-9H2,1-3H3. The fraction of sp³-hybridized carbons (Fsp3) is 0.833. The molecule has 1 saturated heterocycles. The van der Waals surface area contributed by atoms with Gasteiger partial charge in [-0.05, 0) is 13.3 Å². The lowest BCUT2D eigenvalue weighted by Gasteiger charge is -2.40. The fourth-order valence-electron chi connectivity index (χ4n) is 1.92. The molecule has 1 rings (SSSR count). The van der Waals surface area contributed by atoms with Crippen molar-refractivity contribution in [1.29, 1.82) is 0 Å². The van der Waals surface area contributed by atoms with Crippen LogP contribution < -0.4 is 0 Å². The number of likely N-dealkylation sites (tertiary alicyclic amines) is 1. The minimum Gasteiger partial charge on any atom is -0.343 e. The number of carbonyl (C=O) groups excluding carboxylic acids is 2. The van der Waals surface area contributed by atoms with Crippen molar-refractivity contribution < 1.29 is 9.59 Å². The smallest absolute Gasteiger partial charge is 0.229 e. The maximum Gasteiger partial charge on any atom is 0.229 e. The molecular formula is C12H22N2O2. The highest BCUT2D eigenvalue weighted by Crippen LogP contribution is 2.18. The largest absolute Gasteiger partial charge is 0.343 e. The van der Waals surface area contributed by atoms with E-state index in [1.165, 1.54) is 0 Å². The van der Waals surface area contributed by atoms with E-state index < -0.39 is 0 Å². The van der Waals surface area contributed by atoms with Gasteiger partial charge in [0.2, 0.25) is 11.8 Å². The summed E-state index contributed by atoms with van der Waals surface area (Å²) in [7, 11) is 0. The van der Waals surface area contributed by atoms with E-state index in [2.05, 4.69) is 6.92 Å². The molecule has 0 bridgehead atoms. The second kappa shape index (κ2) is 5.87. The van der Waals surface area contributed by atoms with E-state index in [-0.39, 0.29) is 17.7 Å². The Morgan fingerprint density at radius 3 is 2.38 bits per heavy atom. The molecule has 0 aromatic heterocycles. The van der Waals surface area contributed by atoms with Gasteiger partial charge in [0.15, 0.2) is 0 Å². The molecule has 0 N–H and O–H groups in total. The molecule has 16 heavy (non-hydrogen) atoms. The van der Waals surface area contributed by atoms with Gasteiger partial charge in [-0.15, -0.1) is 0 Å². The van der Waals surface area contributed by atoms with Gasteiger partial charge in [-0.2, -0.15) is 0 Å². The summed E-state index contributed by atoms with van der Waals surface area (Å²) in [6, 6.07) is 0. The minimum absolute atomic E-state index is 0.0423. The van der Waals surface area contributed by atoms with Crippen molar-refractivity contribution in [3.05, 3.63) is 0 Å². The van der Waals surface area contributed by atoms with Gasteiger partial charge in [0.1, 0.15) is 0 Å². The van der Waals surface area contributed by atoms with Crippen LogP contribution in [0.15, 0.2) is 0 Å². The van der Waals surface area contributed by atoms with E-state index in [0.29, 0.717) is 13.1 Å². The summed E-state index contributed by atoms with van der Waals surface area (Å²) in [5.41, 5.74) is 0. The highest BCUT2D eigenvalue weighted by Gasteiger charge is 2.35. The summed E-state index contributed by atoms with van der Waals surface area (Å²) in [4.78, 5) is 26.7. The van der Waals surface area contributed by atoms with Crippen LogP contribution in [0.25, 0.3) is 0 Å². The maximum absolute atomic E-state index is 12.0. The quantitative estimate of drug-likeness (QED) is 0.704. The van der Waals surface area contributed by atoms with E-state index in [1.54, 1.807) is 11.8 Å². The number of carbonyl (C=O) groups is 2. The van der Waals surface area contributed by atoms with Crippen molar-refractivity contribution in [1.82, 2.24) is 9.80 Å². The SMILES string of the molecule is CCCCN(CC)C(=O)C1CN(C(C)=O)C1. The van der Waals surface area contributed by atoms with E-state index >= 15 is 0 Å². The number of hydrogen-bond acceptors (Lipinski definition) is 2. The van der Waals surface area contributed by atoms with Crippen LogP contribution >= 0.6 is 0 Å². The third-order valence-electron chi connectivity index (χ3n) is 3.15. The Balaban J connectivity index is 2.36. The molecule has 0 radical (unpaired) electrons. The molecule has 0 aliphatic carbocycles. The van der Waals surface area contributed by atoms with Crippen molar-refractivity contribution in [2.75, 3.05) is 26.2 Å². The highest BCUT2D eigenvalue weighted by molar-refractivity contribution is 5.83. The molecule has 2 amide bonds. The Kier molecular flexibility index (Phi) is 4.77. The third kappa shape index (κ3) is 2.97. The Bertz CT molecular complexity index is 260. The van der Waals surface area contributed by atoms with Crippen molar-refractivity contribution in [3.63, 3.8) is 0 Å². The molecule has 1 fully saturated rings. The summed E-state index contributed by atoms with van der Waals surface area (Å²) in [5.74, 6) is 0.329. The molecule has 1 aliphatic heterocycles. The molecule has 0 saturated carbocycles. The zero-order valence-corrected chi connectivity index (χ0v) is 10.5. The van der Waals surface area contributed by atoms with Crippen molar-refractivity contribution in [2.45, 2.75) is 33.6 Å². The van der Waals surface area contributed by atoms with Crippen LogP contribution in [0.5, 0.6) is 0 Å². The van der Waals surface area contributed by atoms with E-state index in [9.17, 15) is 9.59 Å². The van der Waals surface area contributed by atoms with Crippen LogP contribution in [-0.2, 0) is 9.59 Å². The number of amides is 2. The van der Waals surface area contributed by atoms with E-state index in [4.69, 9.17) is 0 Å². The van der Waals surface area contributed by atoms with Crippen LogP contribution in [0.2, 0.25) is 0 Å². The van der Waals surface area contributed by atoms with Gasteiger partial charge in [-0.25, -0.2) is 0 Å². The lowest BCUT2D eigenvalue weighted by atomic mass is 9.98. The second-order valence-corrected chi connectivity index (χ2v) is 4.39. The van der Waals surface area contributed by atoms with Gasteiger partial charge in [-0.3, -0.25) is 9.59 Å². The molecule has 0 aromatic carbocycles. The van der Waals surface area contributed by atoms with Gasteiger partial charge >= 0.3 is 0 Å². The molecule has 1 aliphatic rings. The van der Waals surface area contributed by atoms with E-state index in [0.717, 1.165) is 25.9 Å². The Morgan fingerprint density at radius 2 is 1.94 bits per heavy atom. The van der Waals surface area contributed by atoms with Gasteiger partial charge in [0.25, 0.3) is 0 Å². The predicted molar refractivity (Wildman–Crippen MR) is 62.9 cm³/mol. The molecule has 1 heterocycles. The highest BCUT2D eigenvalue weighted by atomic mass is 16.2. The average molecular weight is 226 g/mol. The predicted octanol–water partition coefficient (Wildman–Crippen LogP) is 1.11. The number of nitrogens with zero attached hydrogens (tertiary/aromatic N) is 2. The molecule has 92 valence electrons. The molecule has 0 atom stereocenters. The Morgan fingerprint density at radius 1 is 1.31 bits per heavy atom. The summed E-state index contributed by atoms with van der Waals surface area (Å²) in [6.07, 6.45) is 2.16. The Labute approximate surface area is 97.6 Å². The summed E-state index contributed by atoms with van der Waals surface area (Å²) < 4.78 is 0. The molecule has 0 spiro atoms. The van der Waals surface area contributed by atoms with Gasteiger partial charge < -0.3 is 9.80 Å². The van der Waals surface area contributed by atoms with Gasteiger partial charge in [-0.1, -0.05) is 13.3 Å². The number of unbranched alkanes of at least 4 members (excludes halogenated alkanes) is 1. The lowest BCUT2D eigenvalue weighted by Crippen LogP contribution is -2.56. The molecular weight excluding hydrogens is 204 g/mol. The topological polar surface area (TPSA) is 40.6 Å². The van der Waals surface area contributed by atoms with Gasteiger partial charge in [0.05, 0.1) is 5.92 Å². The summed E-state index contributed by atoms with van der Waals surface area (Å²) >= 11 is 0.